The minimum atomic E-state index is -0.890. The quantitative estimate of drug-likeness (QED) is 0.824. The van der Waals surface area contributed by atoms with Gasteiger partial charge in [0.15, 0.2) is 6.10 Å². The fourth-order valence-electron chi connectivity index (χ4n) is 1.71. The molecule has 1 rings (SSSR count). The van der Waals surface area contributed by atoms with Crippen LogP contribution in [0.25, 0.3) is 0 Å². The van der Waals surface area contributed by atoms with E-state index >= 15 is 0 Å². The summed E-state index contributed by atoms with van der Waals surface area (Å²) in [6, 6.07) is 5.77. The van der Waals surface area contributed by atoms with Crippen LogP contribution in [0.3, 0.4) is 0 Å². The van der Waals surface area contributed by atoms with Crippen LogP contribution in [0.1, 0.15) is 37.3 Å². The monoisotopic (exact) mass is 236 g/mol. The van der Waals surface area contributed by atoms with Gasteiger partial charge in [0.2, 0.25) is 0 Å². The van der Waals surface area contributed by atoms with E-state index in [0.29, 0.717) is 12.2 Å². The second-order valence-corrected chi connectivity index (χ2v) is 4.36. The molecule has 0 spiro atoms. The van der Waals surface area contributed by atoms with Crippen LogP contribution >= 0.6 is 0 Å². The Morgan fingerprint density at radius 3 is 2.65 bits per heavy atom. The highest BCUT2D eigenvalue weighted by Crippen LogP contribution is 2.21. The zero-order valence-electron chi connectivity index (χ0n) is 10.7. The molecule has 0 aromatic heterocycles. The summed E-state index contributed by atoms with van der Waals surface area (Å²) >= 11 is 0. The third-order valence-corrected chi connectivity index (χ3v) is 2.69. The van der Waals surface area contributed by atoms with E-state index in [4.69, 9.17) is 9.84 Å². The van der Waals surface area contributed by atoms with Crippen LogP contribution < -0.4 is 4.74 Å². The number of hydrogen-bond donors (Lipinski definition) is 1. The van der Waals surface area contributed by atoms with Gasteiger partial charge in [-0.3, -0.25) is 0 Å². The highest BCUT2D eigenvalue weighted by atomic mass is 16.5. The molecule has 0 aliphatic heterocycles. The van der Waals surface area contributed by atoms with Gasteiger partial charge in [0.1, 0.15) is 5.75 Å². The molecule has 1 N–H and O–H groups in total. The molecule has 0 heterocycles. The number of carbonyl (C=O) groups is 1. The first-order chi connectivity index (χ1) is 8.04. The molecule has 1 atom stereocenters. The molecule has 3 nitrogen and oxygen atoms in total. The molecule has 0 aliphatic carbocycles. The maximum Gasteiger partial charge on any atom is 0.344 e. The molecule has 1 aromatic rings. The lowest BCUT2D eigenvalue weighted by molar-refractivity contribution is -0.145. The van der Waals surface area contributed by atoms with Gasteiger partial charge in [-0.05, 0) is 38.3 Å². The number of aryl methyl sites for hydroxylation is 2. The first-order valence-electron chi connectivity index (χ1n) is 6.01. The fourth-order valence-corrected chi connectivity index (χ4v) is 1.71. The second kappa shape index (κ2) is 6.28. The Bertz CT molecular complexity index is 385. The third kappa shape index (κ3) is 4.10. The van der Waals surface area contributed by atoms with Gasteiger partial charge in [-0.15, -0.1) is 0 Å². The first-order valence-corrected chi connectivity index (χ1v) is 6.01. The van der Waals surface area contributed by atoms with Crippen molar-refractivity contribution in [3.8, 4) is 5.75 Å². The lowest BCUT2D eigenvalue weighted by Gasteiger charge is -2.16. The van der Waals surface area contributed by atoms with Gasteiger partial charge >= 0.3 is 5.97 Å². The van der Waals surface area contributed by atoms with Crippen molar-refractivity contribution in [2.24, 2.45) is 0 Å². The molecule has 0 radical (unpaired) electrons. The van der Waals surface area contributed by atoms with Crippen LogP contribution in [-0.2, 0) is 4.79 Å². The average Bonchev–Trinajstić information content (AvgIpc) is 2.26. The highest BCUT2D eigenvalue weighted by Gasteiger charge is 2.19. The average molecular weight is 236 g/mol. The highest BCUT2D eigenvalue weighted by molar-refractivity contribution is 5.72. The predicted octanol–water partition coefficient (Wildman–Crippen LogP) is 3.33. The van der Waals surface area contributed by atoms with Gasteiger partial charge < -0.3 is 9.84 Å². The van der Waals surface area contributed by atoms with Crippen LogP contribution in [0.15, 0.2) is 18.2 Å². The number of rotatable bonds is 6. The largest absolute Gasteiger partial charge is 0.479 e. The number of hydrogen-bond acceptors (Lipinski definition) is 2. The Balaban J connectivity index is 2.75. The SMILES string of the molecule is CCCCC(Oc1ccc(C)cc1C)C(=O)O. The minimum absolute atomic E-state index is 0.555. The number of aliphatic carboxylic acids is 1. The van der Waals surface area contributed by atoms with E-state index < -0.39 is 12.1 Å². The zero-order valence-corrected chi connectivity index (χ0v) is 10.7. The number of carboxylic acid groups (broad SMARTS) is 1. The number of unbranched alkanes of at least 4 members (excludes halogenated alkanes) is 1. The van der Waals surface area contributed by atoms with E-state index in [-0.39, 0.29) is 0 Å². The van der Waals surface area contributed by atoms with E-state index in [1.54, 1.807) is 0 Å². The summed E-state index contributed by atoms with van der Waals surface area (Å²) in [4.78, 5) is 11.1. The summed E-state index contributed by atoms with van der Waals surface area (Å²) in [5.74, 6) is -0.225. The van der Waals surface area contributed by atoms with Crippen molar-refractivity contribution in [2.45, 2.75) is 46.1 Å². The predicted molar refractivity (Wildman–Crippen MR) is 67.5 cm³/mol. The molecule has 0 aliphatic rings. The Hall–Kier alpha value is -1.51. The van der Waals surface area contributed by atoms with Crippen molar-refractivity contribution in [3.05, 3.63) is 29.3 Å². The van der Waals surface area contributed by atoms with Crippen LogP contribution in [0.5, 0.6) is 5.75 Å². The molecule has 0 fully saturated rings. The van der Waals surface area contributed by atoms with Gasteiger partial charge in [-0.1, -0.05) is 31.0 Å². The number of ether oxygens (including phenoxy) is 1. The molecule has 0 amide bonds. The molecular weight excluding hydrogens is 216 g/mol. The first kappa shape index (κ1) is 13.6. The molecule has 3 heteroatoms. The van der Waals surface area contributed by atoms with Crippen molar-refractivity contribution in [2.75, 3.05) is 0 Å². The minimum Gasteiger partial charge on any atom is -0.479 e. The van der Waals surface area contributed by atoms with Crippen LogP contribution in [-0.4, -0.2) is 17.2 Å². The molecule has 0 saturated heterocycles. The van der Waals surface area contributed by atoms with E-state index in [2.05, 4.69) is 0 Å². The molecule has 1 unspecified atom stereocenters. The standard InChI is InChI=1S/C14H20O3/c1-4-5-6-13(14(15)16)17-12-8-7-10(2)9-11(12)3/h7-9,13H,4-6H2,1-3H3,(H,15,16). The fraction of sp³-hybridized carbons (Fsp3) is 0.500. The lowest BCUT2D eigenvalue weighted by atomic mass is 10.1. The van der Waals surface area contributed by atoms with Crippen LogP contribution in [0.2, 0.25) is 0 Å². The van der Waals surface area contributed by atoms with Gasteiger partial charge in [-0.2, -0.15) is 0 Å². The molecule has 0 bridgehead atoms. The molecular formula is C14H20O3. The normalized spacial score (nSPS) is 12.2. The number of carboxylic acids is 1. The third-order valence-electron chi connectivity index (χ3n) is 2.69. The maximum atomic E-state index is 11.1. The summed E-state index contributed by atoms with van der Waals surface area (Å²) in [6.07, 6.45) is 1.65. The van der Waals surface area contributed by atoms with Crippen LogP contribution in [0, 0.1) is 13.8 Å². The topological polar surface area (TPSA) is 46.5 Å². The summed E-state index contributed by atoms with van der Waals surface area (Å²) in [7, 11) is 0. The van der Waals surface area contributed by atoms with Crippen molar-refractivity contribution in [1.29, 1.82) is 0 Å². The summed E-state index contributed by atoms with van der Waals surface area (Å²) in [5.41, 5.74) is 2.13. The zero-order chi connectivity index (χ0) is 12.8. The second-order valence-electron chi connectivity index (χ2n) is 4.36. The van der Waals surface area contributed by atoms with Crippen molar-refractivity contribution in [1.82, 2.24) is 0 Å². The molecule has 0 saturated carbocycles. The van der Waals surface area contributed by atoms with E-state index in [1.807, 2.05) is 39.0 Å². The molecule has 94 valence electrons. The Labute approximate surface area is 102 Å². The van der Waals surface area contributed by atoms with E-state index in [0.717, 1.165) is 24.0 Å². The van der Waals surface area contributed by atoms with Crippen molar-refractivity contribution < 1.29 is 14.6 Å². The molecule has 17 heavy (non-hydrogen) atoms. The number of benzene rings is 1. The summed E-state index contributed by atoms with van der Waals surface area (Å²) in [6.45, 7) is 5.97. The van der Waals surface area contributed by atoms with Gasteiger partial charge in [0.25, 0.3) is 0 Å². The Morgan fingerprint density at radius 1 is 1.41 bits per heavy atom. The van der Waals surface area contributed by atoms with Crippen molar-refractivity contribution >= 4 is 5.97 Å². The Morgan fingerprint density at radius 2 is 2.12 bits per heavy atom. The maximum absolute atomic E-state index is 11.1. The van der Waals surface area contributed by atoms with Gasteiger partial charge in [0.05, 0.1) is 0 Å². The summed E-state index contributed by atoms with van der Waals surface area (Å²) in [5, 5.41) is 9.08. The Kier molecular flexibility index (Phi) is 5.01. The smallest absolute Gasteiger partial charge is 0.344 e. The van der Waals surface area contributed by atoms with Gasteiger partial charge in [0, 0.05) is 0 Å². The van der Waals surface area contributed by atoms with Crippen molar-refractivity contribution in [3.63, 3.8) is 0 Å². The summed E-state index contributed by atoms with van der Waals surface area (Å²) < 4.78 is 5.56. The van der Waals surface area contributed by atoms with Crippen LogP contribution in [0.4, 0.5) is 0 Å². The van der Waals surface area contributed by atoms with E-state index in [9.17, 15) is 4.79 Å². The lowest BCUT2D eigenvalue weighted by Crippen LogP contribution is -2.27. The van der Waals surface area contributed by atoms with Gasteiger partial charge in [-0.25, -0.2) is 4.79 Å². The van der Waals surface area contributed by atoms with E-state index in [1.165, 1.54) is 0 Å². The molecule has 1 aromatic carbocycles.